The minimum atomic E-state index is -0.600. The van der Waals surface area contributed by atoms with Gasteiger partial charge in [-0.15, -0.1) is 0 Å². The maximum absolute atomic E-state index is 12.2. The lowest BCUT2D eigenvalue weighted by Gasteiger charge is -2.28. The Kier molecular flexibility index (Phi) is 7.89. The van der Waals surface area contributed by atoms with Gasteiger partial charge >= 0.3 is 5.97 Å². The Morgan fingerprint density at radius 3 is 2.68 bits per heavy atom. The van der Waals surface area contributed by atoms with Crippen LogP contribution in [0.3, 0.4) is 0 Å². The summed E-state index contributed by atoms with van der Waals surface area (Å²) in [6, 6.07) is 7.62. The van der Waals surface area contributed by atoms with Crippen molar-refractivity contribution in [2.75, 3.05) is 26.4 Å². The van der Waals surface area contributed by atoms with E-state index in [1.807, 2.05) is 61.5 Å². The Labute approximate surface area is 183 Å². The second-order valence-electron chi connectivity index (χ2n) is 7.37. The summed E-state index contributed by atoms with van der Waals surface area (Å²) < 4.78 is 16.4. The summed E-state index contributed by atoms with van der Waals surface area (Å²) in [4.78, 5) is 24.2. The lowest BCUT2D eigenvalue weighted by molar-refractivity contribution is -0.156. The van der Waals surface area contributed by atoms with Gasteiger partial charge in [-0.2, -0.15) is 0 Å². The molecule has 0 saturated heterocycles. The first-order chi connectivity index (χ1) is 15.0. The predicted octanol–water partition coefficient (Wildman–Crippen LogP) is 2.94. The number of hydrogen-bond donors (Lipinski definition) is 1. The molecule has 166 valence electrons. The molecular weight excluding hydrogens is 396 g/mol. The fourth-order valence-electron chi connectivity index (χ4n) is 3.41. The summed E-state index contributed by atoms with van der Waals surface area (Å²) in [5.41, 5.74) is 5.73. The second kappa shape index (κ2) is 10.8. The summed E-state index contributed by atoms with van der Waals surface area (Å²) in [7, 11) is 0. The standard InChI is InChI=1S/C24H30N2O5/c1-4-29-22(24(28)30-5-2)14-18-7-10-20(11-8-18)31-13-12-26-16-19-9-6-17(3)23(27)21(19)15-25-26/h6-11,15-17,22,25H,4-5,12-14H2,1-3H3. The van der Waals surface area contributed by atoms with Gasteiger partial charge in [0.05, 0.1) is 13.2 Å². The van der Waals surface area contributed by atoms with Crippen LogP contribution in [0.15, 0.2) is 60.0 Å². The average molecular weight is 427 g/mol. The third-order valence-electron chi connectivity index (χ3n) is 5.09. The molecule has 1 N–H and O–H groups in total. The predicted molar refractivity (Wildman–Crippen MR) is 117 cm³/mol. The van der Waals surface area contributed by atoms with Crippen LogP contribution in [0.25, 0.3) is 0 Å². The highest BCUT2D eigenvalue weighted by atomic mass is 16.6. The molecule has 0 bridgehead atoms. The quantitative estimate of drug-likeness (QED) is 0.577. The molecule has 31 heavy (non-hydrogen) atoms. The Hall–Kier alpha value is -3.06. The molecule has 1 aliphatic carbocycles. The van der Waals surface area contributed by atoms with Crippen LogP contribution in [-0.2, 0) is 25.5 Å². The summed E-state index contributed by atoms with van der Waals surface area (Å²) in [6.45, 7) is 7.40. The number of nitrogens with one attached hydrogen (secondary N) is 1. The molecule has 7 nitrogen and oxygen atoms in total. The van der Waals surface area contributed by atoms with E-state index in [4.69, 9.17) is 14.2 Å². The van der Waals surface area contributed by atoms with Crippen LogP contribution in [0.1, 0.15) is 26.3 Å². The molecule has 1 aliphatic heterocycles. The number of ether oxygens (including phenoxy) is 3. The lowest BCUT2D eigenvalue weighted by atomic mass is 9.88. The Morgan fingerprint density at radius 1 is 1.19 bits per heavy atom. The molecule has 2 unspecified atom stereocenters. The van der Waals surface area contributed by atoms with Crippen LogP contribution >= 0.6 is 0 Å². The summed E-state index contributed by atoms with van der Waals surface area (Å²) in [5.74, 6) is 0.459. The summed E-state index contributed by atoms with van der Waals surface area (Å²) in [6.07, 6.45) is 7.44. The highest BCUT2D eigenvalue weighted by Crippen LogP contribution is 2.25. The van der Waals surface area contributed by atoms with E-state index in [0.717, 1.165) is 22.5 Å². The van der Waals surface area contributed by atoms with E-state index in [2.05, 4.69) is 5.43 Å². The number of hydrazine groups is 1. The molecule has 0 saturated carbocycles. The highest BCUT2D eigenvalue weighted by Gasteiger charge is 2.25. The van der Waals surface area contributed by atoms with Gasteiger partial charge in [-0.1, -0.05) is 31.2 Å². The van der Waals surface area contributed by atoms with Gasteiger partial charge in [0.2, 0.25) is 0 Å². The summed E-state index contributed by atoms with van der Waals surface area (Å²) in [5, 5.41) is 1.90. The van der Waals surface area contributed by atoms with E-state index in [1.165, 1.54) is 0 Å². The van der Waals surface area contributed by atoms with E-state index in [-0.39, 0.29) is 17.7 Å². The van der Waals surface area contributed by atoms with Gasteiger partial charge in [0.1, 0.15) is 12.4 Å². The number of nitrogens with zero attached hydrogens (tertiary/aromatic N) is 1. The normalized spacial score (nSPS) is 18.5. The number of ketones is 1. The van der Waals surface area contributed by atoms with Crippen molar-refractivity contribution in [3.8, 4) is 5.75 Å². The SMILES string of the molecule is CCOC(=O)C(Cc1ccc(OCCN2C=C3C=CC(C)C(=O)C3=CN2)cc1)OCC. The molecule has 1 heterocycles. The number of carbonyl (C=O) groups excluding carboxylic acids is 2. The van der Waals surface area contributed by atoms with Crippen molar-refractivity contribution in [1.82, 2.24) is 10.4 Å². The van der Waals surface area contributed by atoms with E-state index >= 15 is 0 Å². The number of hydrogen-bond acceptors (Lipinski definition) is 7. The molecule has 0 aromatic heterocycles. The minimum Gasteiger partial charge on any atom is -0.492 e. The molecule has 7 heteroatoms. The molecule has 1 aromatic rings. The van der Waals surface area contributed by atoms with Crippen molar-refractivity contribution in [1.29, 1.82) is 0 Å². The average Bonchev–Trinajstić information content (AvgIpc) is 2.77. The molecule has 0 fully saturated rings. The number of benzene rings is 1. The van der Waals surface area contributed by atoms with Gasteiger partial charge in [-0.05, 0) is 31.5 Å². The Morgan fingerprint density at radius 2 is 1.97 bits per heavy atom. The van der Waals surface area contributed by atoms with E-state index in [0.29, 0.717) is 32.8 Å². The first kappa shape index (κ1) is 22.6. The third kappa shape index (κ3) is 5.98. The zero-order chi connectivity index (χ0) is 22.2. The largest absolute Gasteiger partial charge is 0.492 e. The molecule has 2 aliphatic rings. The number of Topliss-reactive ketones (excluding diaryl/α,β-unsaturated/α-hetero) is 1. The number of carbonyl (C=O) groups is 2. The molecule has 2 atom stereocenters. The maximum atomic E-state index is 12.2. The van der Waals surface area contributed by atoms with Gasteiger partial charge in [-0.25, -0.2) is 4.79 Å². The number of rotatable bonds is 10. The van der Waals surface area contributed by atoms with Crippen molar-refractivity contribution in [2.45, 2.75) is 33.3 Å². The molecule has 0 spiro atoms. The van der Waals surface area contributed by atoms with Crippen molar-refractivity contribution < 1.29 is 23.8 Å². The zero-order valence-electron chi connectivity index (χ0n) is 18.3. The minimum absolute atomic E-state index is 0.0795. The van der Waals surface area contributed by atoms with Crippen molar-refractivity contribution >= 4 is 11.8 Å². The fraction of sp³-hybridized carbons (Fsp3) is 0.417. The number of esters is 1. The number of allylic oxidation sites excluding steroid dienone is 4. The topological polar surface area (TPSA) is 77.1 Å². The van der Waals surface area contributed by atoms with Crippen LogP contribution in [0.5, 0.6) is 5.75 Å². The van der Waals surface area contributed by atoms with Crippen molar-refractivity contribution in [3.63, 3.8) is 0 Å². The lowest BCUT2D eigenvalue weighted by Crippen LogP contribution is -2.37. The van der Waals surface area contributed by atoms with Gasteiger partial charge in [-0.3, -0.25) is 9.80 Å². The monoisotopic (exact) mass is 426 g/mol. The van der Waals surface area contributed by atoms with Crippen molar-refractivity contribution in [3.05, 3.63) is 65.5 Å². The number of fused-ring (bicyclic) bond motifs is 1. The van der Waals surface area contributed by atoms with Gasteiger partial charge in [0.25, 0.3) is 0 Å². The van der Waals surface area contributed by atoms with Crippen LogP contribution in [0.4, 0.5) is 0 Å². The molecule has 0 radical (unpaired) electrons. The van der Waals surface area contributed by atoms with Gasteiger partial charge in [0.15, 0.2) is 11.9 Å². The van der Waals surface area contributed by atoms with Crippen LogP contribution < -0.4 is 10.2 Å². The maximum Gasteiger partial charge on any atom is 0.335 e. The van der Waals surface area contributed by atoms with E-state index in [9.17, 15) is 9.59 Å². The Bertz CT molecular complexity index is 872. The molecule has 0 amide bonds. The first-order valence-electron chi connectivity index (χ1n) is 10.7. The third-order valence-corrected chi connectivity index (χ3v) is 5.09. The summed E-state index contributed by atoms with van der Waals surface area (Å²) >= 11 is 0. The molecule has 1 aromatic carbocycles. The van der Waals surface area contributed by atoms with Crippen LogP contribution in [0.2, 0.25) is 0 Å². The molecule has 3 rings (SSSR count). The fourth-order valence-corrected chi connectivity index (χ4v) is 3.41. The zero-order valence-corrected chi connectivity index (χ0v) is 18.3. The molecular formula is C24H30N2O5. The van der Waals surface area contributed by atoms with E-state index < -0.39 is 6.10 Å². The van der Waals surface area contributed by atoms with Gasteiger partial charge < -0.3 is 19.6 Å². The van der Waals surface area contributed by atoms with Crippen LogP contribution in [0, 0.1) is 5.92 Å². The second-order valence-corrected chi connectivity index (χ2v) is 7.37. The smallest absolute Gasteiger partial charge is 0.335 e. The first-order valence-corrected chi connectivity index (χ1v) is 10.7. The van der Waals surface area contributed by atoms with Crippen LogP contribution in [-0.4, -0.2) is 49.2 Å². The highest BCUT2D eigenvalue weighted by molar-refractivity contribution is 6.04. The Balaban J connectivity index is 1.48. The van der Waals surface area contributed by atoms with Crippen molar-refractivity contribution in [2.24, 2.45) is 5.92 Å². The van der Waals surface area contributed by atoms with Gasteiger partial charge in [0, 0.05) is 42.5 Å². The van der Waals surface area contributed by atoms with E-state index in [1.54, 1.807) is 13.1 Å².